The molecule has 0 aliphatic carbocycles. The Hall–Kier alpha value is -1.53. The maximum absolute atomic E-state index is 13.7. The third kappa shape index (κ3) is 3.02. The van der Waals surface area contributed by atoms with Crippen molar-refractivity contribution >= 4 is 34.2 Å². The van der Waals surface area contributed by atoms with Gasteiger partial charge in [-0.05, 0) is 25.1 Å². The van der Waals surface area contributed by atoms with E-state index < -0.39 is 0 Å². The number of thiocarbonyl (C=S) groups is 1. The van der Waals surface area contributed by atoms with Gasteiger partial charge in [-0.1, -0.05) is 12.2 Å². The Balaban J connectivity index is 2.08. The molecule has 3 nitrogen and oxygen atoms in total. The van der Waals surface area contributed by atoms with Gasteiger partial charge in [0.05, 0.1) is 17.2 Å². The van der Waals surface area contributed by atoms with Gasteiger partial charge in [-0.25, -0.2) is 9.37 Å². The first-order valence-electron chi connectivity index (χ1n) is 5.31. The molecule has 2 rings (SSSR count). The predicted octanol–water partition coefficient (Wildman–Crippen LogP) is 2.84. The summed E-state index contributed by atoms with van der Waals surface area (Å²) < 4.78 is 13.7. The van der Waals surface area contributed by atoms with Gasteiger partial charge in [-0.15, -0.1) is 11.3 Å². The molecule has 0 aliphatic rings. The van der Waals surface area contributed by atoms with Crippen molar-refractivity contribution in [1.82, 2.24) is 4.98 Å². The fraction of sp³-hybridized carbons (Fsp3) is 0.167. The minimum atomic E-state index is -0.360. The SMILES string of the molecule is Cc1ncc(CNc2ccc(C(N)=S)cc2F)s1. The lowest BCUT2D eigenvalue weighted by Gasteiger charge is -2.07. The fourth-order valence-electron chi connectivity index (χ4n) is 1.48. The average molecular weight is 281 g/mol. The van der Waals surface area contributed by atoms with Crippen LogP contribution in [0.3, 0.4) is 0 Å². The number of nitrogens with zero attached hydrogens (tertiary/aromatic N) is 1. The number of hydrogen-bond acceptors (Lipinski definition) is 4. The summed E-state index contributed by atoms with van der Waals surface area (Å²) in [6, 6.07) is 4.67. The van der Waals surface area contributed by atoms with Crippen LogP contribution in [0.5, 0.6) is 0 Å². The van der Waals surface area contributed by atoms with Crippen LogP contribution in [0, 0.1) is 12.7 Å². The summed E-state index contributed by atoms with van der Waals surface area (Å²) >= 11 is 6.38. The van der Waals surface area contributed by atoms with Crippen LogP contribution in [-0.2, 0) is 6.54 Å². The summed E-state index contributed by atoms with van der Waals surface area (Å²) in [5.41, 5.74) is 6.40. The van der Waals surface area contributed by atoms with E-state index in [0.29, 0.717) is 17.8 Å². The lowest BCUT2D eigenvalue weighted by molar-refractivity contribution is 0.630. The highest BCUT2D eigenvalue weighted by Gasteiger charge is 2.05. The number of nitrogens with one attached hydrogen (secondary N) is 1. The first kappa shape index (κ1) is 12.9. The molecule has 0 saturated carbocycles. The third-order valence-corrected chi connectivity index (χ3v) is 3.52. The number of thiazole rings is 1. The fourth-order valence-corrected chi connectivity index (χ4v) is 2.34. The first-order valence-corrected chi connectivity index (χ1v) is 6.53. The van der Waals surface area contributed by atoms with Gasteiger partial charge in [0.25, 0.3) is 0 Å². The maximum Gasteiger partial charge on any atom is 0.146 e. The molecule has 0 saturated heterocycles. The van der Waals surface area contributed by atoms with Crippen LogP contribution in [0.15, 0.2) is 24.4 Å². The summed E-state index contributed by atoms with van der Waals surface area (Å²) in [5.74, 6) is -0.360. The normalized spacial score (nSPS) is 10.3. The van der Waals surface area contributed by atoms with E-state index in [-0.39, 0.29) is 10.8 Å². The molecule has 6 heteroatoms. The minimum Gasteiger partial charge on any atom is -0.389 e. The molecule has 0 bridgehead atoms. The second-order valence-corrected chi connectivity index (χ2v) is 5.52. The summed E-state index contributed by atoms with van der Waals surface area (Å²) in [5, 5.41) is 4.02. The van der Waals surface area contributed by atoms with Gasteiger partial charge in [0.2, 0.25) is 0 Å². The third-order valence-electron chi connectivity index (χ3n) is 2.38. The summed E-state index contributed by atoms with van der Waals surface area (Å²) in [4.78, 5) is 5.39. The second kappa shape index (κ2) is 5.41. The van der Waals surface area contributed by atoms with Crippen LogP contribution in [-0.4, -0.2) is 9.97 Å². The molecule has 0 unspecified atom stereocenters. The highest BCUT2D eigenvalue weighted by atomic mass is 32.1. The van der Waals surface area contributed by atoms with Gasteiger partial charge < -0.3 is 11.1 Å². The zero-order valence-corrected chi connectivity index (χ0v) is 11.4. The van der Waals surface area contributed by atoms with Gasteiger partial charge in [0.1, 0.15) is 10.8 Å². The average Bonchev–Trinajstić information content (AvgIpc) is 2.73. The van der Waals surface area contributed by atoms with Crippen LogP contribution in [0.2, 0.25) is 0 Å². The predicted molar refractivity (Wildman–Crippen MR) is 76.5 cm³/mol. The molecule has 0 fully saturated rings. The largest absolute Gasteiger partial charge is 0.389 e. The van der Waals surface area contributed by atoms with E-state index in [1.54, 1.807) is 29.7 Å². The number of nitrogens with two attached hydrogens (primary N) is 1. The Morgan fingerprint density at radius 3 is 2.89 bits per heavy atom. The summed E-state index contributed by atoms with van der Waals surface area (Å²) in [6.45, 7) is 2.49. The van der Waals surface area contributed by atoms with E-state index in [9.17, 15) is 4.39 Å². The van der Waals surface area contributed by atoms with Crippen LogP contribution in [0.1, 0.15) is 15.4 Å². The van der Waals surface area contributed by atoms with Crippen molar-refractivity contribution in [3.63, 3.8) is 0 Å². The van der Waals surface area contributed by atoms with E-state index in [0.717, 1.165) is 9.88 Å². The van der Waals surface area contributed by atoms with Crippen LogP contribution >= 0.6 is 23.6 Å². The van der Waals surface area contributed by atoms with Crippen LogP contribution < -0.4 is 11.1 Å². The zero-order chi connectivity index (χ0) is 13.1. The molecule has 0 amide bonds. The van der Waals surface area contributed by atoms with Crippen molar-refractivity contribution in [1.29, 1.82) is 0 Å². The Labute approximate surface area is 114 Å². The number of halogens is 1. The first-order chi connectivity index (χ1) is 8.56. The maximum atomic E-state index is 13.7. The number of aryl methyl sites for hydroxylation is 1. The van der Waals surface area contributed by atoms with Crippen molar-refractivity contribution < 1.29 is 4.39 Å². The van der Waals surface area contributed by atoms with E-state index in [1.165, 1.54) is 6.07 Å². The Kier molecular flexibility index (Phi) is 3.88. The molecule has 1 aromatic heterocycles. The Morgan fingerprint density at radius 2 is 2.33 bits per heavy atom. The number of aromatic nitrogens is 1. The molecular weight excluding hydrogens is 269 g/mol. The quantitative estimate of drug-likeness (QED) is 0.846. The topological polar surface area (TPSA) is 50.9 Å². The van der Waals surface area contributed by atoms with Gasteiger partial charge in [-0.3, -0.25) is 0 Å². The minimum absolute atomic E-state index is 0.193. The molecule has 3 N–H and O–H groups in total. The van der Waals surface area contributed by atoms with Crippen molar-refractivity contribution in [3.8, 4) is 0 Å². The monoisotopic (exact) mass is 281 g/mol. The van der Waals surface area contributed by atoms with E-state index in [2.05, 4.69) is 10.3 Å². The molecule has 0 atom stereocenters. The van der Waals surface area contributed by atoms with Gasteiger partial charge in [0.15, 0.2) is 0 Å². The number of hydrogen-bond donors (Lipinski definition) is 2. The van der Waals surface area contributed by atoms with Crippen molar-refractivity contribution in [2.45, 2.75) is 13.5 Å². The van der Waals surface area contributed by atoms with Crippen LogP contribution in [0.25, 0.3) is 0 Å². The number of anilines is 1. The van der Waals surface area contributed by atoms with E-state index in [1.807, 2.05) is 6.92 Å². The standard InChI is InChI=1S/C12H12FN3S2/c1-7-15-5-9(18-7)6-16-11-3-2-8(12(14)17)4-10(11)13/h2-5,16H,6H2,1H3,(H2,14,17). The van der Waals surface area contributed by atoms with Gasteiger partial charge >= 0.3 is 0 Å². The molecule has 1 aromatic carbocycles. The van der Waals surface area contributed by atoms with Crippen molar-refractivity contribution in [3.05, 3.63) is 45.7 Å². The van der Waals surface area contributed by atoms with Crippen molar-refractivity contribution in [2.24, 2.45) is 5.73 Å². The van der Waals surface area contributed by atoms with E-state index in [4.69, 9.17) is 18.0 Å². The number of rotatable bonds is 4. The molecule has 94 valence electrons. The lowest BCUT2D eigenvalue weighted by atomic mass is 10.2. The molecule has 0 spiro atoms. The van der Waals surface area contributed by atoms with Gasteiger partial charge in [0, 0.05) is 16.6 Å². The highest BCUT2D eigenvalue weighted by molar-refractivity contribution is 7.80. The summed E-state index contributed by atoms with van der Waals surface area (Å²) in [7, 11) is 0. The lowest BCUT2D eigenvalue weighted by Crippen LogP contribution is -2.10. The molecule has 0 radical (unpaired) electrons. The smallest absolute Gasteiger partial charge is 0.146 e. The Morgan fingerprint density at radius 1 is 1.56 bits per heavy atom. The number of benzene rings is 1. The van der Waals surface area contributed by atoms with Gasteiger partial charge in [-0.2, -0.15) is 0 Å². The second-order valence-electron chi connectivity index (χ2n) is 3.76. The van der Waals surface area contributed by atoms with E-state index >= 15 is 0 Å². The molecule has 2 aromatic rings. The molecule has 1 heterocycles. The van der Waals surface area contributed by atoms with Crippen LogP contribution in [0.4, 0.5) is 10.1 Å². The van der Waals surface area contributed by atoms with Crippen molar-refractivity contribution in [2.75, 3.05) is 5.32 Å². The summed E-state index contributed by atoms with van der Waals surface area (Å²) in [6.07, 6.45) is 1.79. The molecule has 0 aliphatic heterocycles. The molecule has 18 heavy (non-hydrogen) atoms. The molecular formula is C12H12FN3S2. The zero-order valence-electron chi connectivity index (χ0n) is 9.74. The Bertz CT molecular complexity index is 580. The highest BCUT2D eigenvalue weighted by Crippen LogP contribution is 2.18.